The molecule has 0 fully saturated rings. The minimum absolute atomic E-state index is 0.259. The molecule has 1 aliphatic heterocycles. The predicted octanol–water partition coefficient (Wildman–Crippen LogP) is 0.531. The Kier molecular flexibility index (Phi) is 6.16. The third-order valence-corrected chi connectivity index (χ3v) is 5.21. The van der Waals surface area contributed by atoms with Gasteiger partial charge in [-0.3, -0.25) is 14.6 Å². The summed E-state index contributed by atoms with van der Waals surface area (Å²) in [5.74, 6) is -1.07. The van der Waals surface area contributed by atoms with Gasteiger partial charge in [-0.25, -0.2) is 9.78 Å². The van der Waals surface area contributed by atoms with Crippen molar-refractivity contribution < 1.29 is 19.5 Å². The minimum Gasteiger partial charge on any atom is -0.465 e. The summed E-state index contributed by atoms with van der Waals surface area (Å²) in [6, 6.07) is 2.18. The zero-order chi connectivity index (χ0) is 20.1. The van der Waals surface area contributed by atoms with Crippen LogP contribution in [0.15, 0.2) is 24.5 Å². The van der Waals surface area contributed by atoms with Crippen molar-refractivity contribution in [3.05, 3.63) is 40.1 Å². The smallest absolute Gasteiger partial charge is 0.404 e. The molecule has 0 saturated carbocycles. The Morgan fingerprint density at radius 2 is 2.21 bits per heavy atom. The number of thiazole rings is 1. The summed E-state index contributed by atoms with van der Waals surface area (Å²) in [4.78, 5) is 47.4. The van der Waals surface area contributed by atoms with Crippen molar-refractivity contribution >= 4 is 34.9 Å². The van der Waals surface area contributed by atoms with Gasteiger partial charge < -0.3 is 26.0 Å². The van der Waals surface area contributed by atoms with E-state index in [2.05, 4.69) is 30.8 Å². The Hall–Kier alpha value is -3.05. The van der Waals surface area contributed by atoms with Crippen molar-refractivity contribution in [3.8, 4) is 0 Å². The lowest BCUT2D eigenvalue weighted by atomic mass is 10.2. The molecule has 0 spiro atoms. The fraction of sp³-hybridized carbons (Fsp3) is 0.353. The molecule has 3 rings (SSSR count). The number of anilines is 1. The van der Waals surface area contributed by atoms with Crippen LogP contribution in [0, 0.1) is 0 Å². The van der Waals surface area contributed by atoms with Crippen molar-refractivity contribution in [2.45, 2.75) is 19.0 Å². The highest BCUT2D eigenvalue weighted by Gasteiger charge is 2.26. The molecule has 0 bridgehead atoms. The van der Waals surface area contributed by atoms with Crippen LogP contribution in [0.2, 0.25) is 0 Å². The van der Waals surface area contributed by atoms with Crippen molar-refractivity contribution in [2.24, 2.45) is 0 Å². The highest BCUT2D eigenvalue weighted by Crippen LogP contribution is 2.24. The summed E-state index contributed by atoms with van der Waals surface area (Å²) in [6.07, 6.45) is 2.48. The molecule has 148 valence electrons. The number of aromatic nitrogens is 2. The first-order chi connectivity index (χ1) is 13.4. The SMILES string of the molecule is CN1CCc2nc(C(=O)NC(CNC(=O)O)C(=O)Nc3cccnc3)sc2C1. The Morgan fingerprint density at radius 1 is 1.39 bits per heavy atom. The molecule has 0 saturated heterocycles. The number of carboxylic acid groups (broad SMARTS) is 1. The first-order valence-corrected chi connectivity index (χ1v) is 9.39. The Morgan fingerprint density at radius 3 is 2.93 bits per heavy atom. The molecule has 3 amide bonds. The second-order valence-corrected chi connectivity index (χ2v) is 7.40. The molecule has 4 N–H and O–H groups in total. The maximum atomic E-state index is 12.6. The fourth-order valence-corrected chi connectivity index (χ4v) is 3.80. The molecule has 10 nitrogen and oxygen atoms in total. The fourth-order valence-electron chi connectivity index (χ4n) is 2.71. The molecule has 2 aromatic rings. The van der Waals surface area contributed by atoms with Crippen LogP contribution in [-0.4, -0.2) is 64.1 Å². The molecule has 1 aliphatic rings. The van der Waals surface area contributed by atoms with Gasteiger partial charge in [-0.1, -0.05) is 0 Å². The highest BCUT2D eigenvalue weighted by atomic mass is 32.1. The molecule has 11 heteroatoms. The quantitative estimate of drug-likeness (QED) is 0.551. The minimum atomic E-state index is -1.29. The highest BCUT2D eigenvalue weighted by molar-refractivity contribution is 7.13. The first-order valence-electron chi connectivity index (χ1n) is 8.58. The molecule has 1 atom stereocenters. The van der Waals surface area contributed by atoms with Crippen LogP contribution in [0.1, 0.15) is 20.4 Å². The number of hydrogen-bond donors (Lipinski definition) is 4. The summed E-state index contributed by atoms with van der Waals surface area (Å²) in [7, 11) is 2.00. The van der Waals surface area contributed by atoms with E-state index in [4.69, 9.17) is 5.11 Å². The van der Waals surface area contributed by atoms with E-state index >= 15 is 0 Å². The van der Waals surface area contributed by atoms with Crippen LogP contribution in [0.4, 0.5) is 10.5 Å². The monoisotopic (exact) mass is 404 g/mol. The molecular weight excluding hydrogens is 384 g/mol. The van der Waals surface area contributed by atoms with Gasteiger partial charge in [0.05, 0.1) is 24.1 Å². The largest absolute Gasteiger partial charge is 0.465 e. The standard InChI is InChI=1S/C17H20N6O4S/c1-23-6-4-11-13(9-23)28-16(22-11)15(25)21-12(8-19-17(26)27)14(24)20-10-3-2-5-18-7-10/h2-3,5,7,12,19H,4,6,8-9H2,1H3,(H,20,24)(H,21,25)(H,26,27). The zero-order valence-corrected chi connectivity index (χ0v) is 16.0. The van der Waals surface area contributed by atoms with E-state index in [1.165, 1.54) is 17.5 Å². The van der Waals surface area contributed by atoms with Gasteiger partial charge in [0.2, 0.25) is 5.91 Å². The summed E-state index contributed by atoms with van der Waals surface area (Å²) in [5.41, 5.74) is 1.34. The Labute approximate surface area is 165 Å². The normalized spacial score (nSPS) is 14.6. The van der Waals surface area contributed by atoms with E-state index < -0.39 is 23.9 Å². The lowest BCUT2D eigenvalue weighted by Crippen LogP contribution is -2.50. The predicted molar refractivity (Wildman–Crippen MR) is 102 cm³/mol. The van der Waals surface area contributed by atoms with E-state index in [1.54, 1.807) is 18.3 Å². The number of rotatable bonds is 6. The molecule has 1 unspecified atom stereocenters. The Balaban J connectivity index is 1.70. The van der Waals surface area contributed by atoms with Gasteiger partial charge in [-0.15, -0.1) is 11.3 Å². The molecule has 3 heterocycles. The molecule has 2 aromatic heterocycles. The van der Waals surface area contributed by atoms with Gasteiger partial charge in [0.25, 0.3) is 5.91 Å². The molecular formula is C17H20N6O4S. The molecule has 0 aromatic carbocycles. The van der Waals surface area contributed by atoms with Crippen LogP contribution in [-0.2, 0) is 17.8 Å². The second-order valence-electron chi connectivity index (χ2n) is 6.32. The maximum Gasteiger partial charge on any atom is 0.404 e. The lowest BCUT2D eigenvalue weighted by molar-refractivity contribution is -0.117. The van der Waals surface area contributed by atoms with E-state index in [-0.39, 0.29) is 11.6 Å². The number of amides is 3. The number of nitrogens with one attached hydrogen (secondary N) is 3. The van der Waals surface area contributed by atoms with Gasteiger partial charge in [-0.05, 0) is 19.2 Å². The molecule has 28 heavy (non-hydrogen) atoms. The topological polar surface area (TPSA) is 137 Å². The van der Waals surface area contributed by atoms with Crippen LogP contribution in [0.5, 0.6) is 0 Å². The third kappa shape index (κ3) is 5.02. The van der Waals surface area contributed by atoms with Crippen molar-refractivity contribution in [3.63, 3.8) is 0 Å². The van der Waals surface area contributed by atoms with Gasteiger partial charge in [0.1, 0.15) is 6.04 Å². The lowest BCUT2D eigenvalue weighted by Gasteiger charge is -2.20. The summed E-state index contributed by atoms with van der Waals surface area (Å²) in [6.45, 7) is 1.32. The maximum absolute atomic E-state index is 12.6. The molecule has 0 aliphatic carbocycles. The van der Waals surface area contributed by atoms with Crippen molar-refractivity contribution in [1.82, 2.24) is 25.5 Å². The van der Waals surface area contributed by atoms with E-state index in [9.17, 15) is 14.4 Å². The third-order valence-electron chi connectivity index (χ3n) is 4.12. The summed E-state index contributed by atoms with van der Waals surface area (Å²) in [5, 5.41) is 16.4. The van der Waals surface area contributed by atoms with Crippen molar-refractivity contribution in [1.29, 1.82) is 0 Å². The van der Waals surface area contributed by atoms with Gasteiger partial charge >= 0.3 is 6.09 Å². The number of hydrogen-bond acceptors (Lipinski definition) is 7. The Bertz CT molecular complexity index is 872. The van der Waals surface area contributed by atoms with Gasteiger partial charge in [0.15, 0.2) is 5.01 Å². The number of pyridine rings is 1. The summed E-state index contributed by atoms with van der Waals surface area (Å²) >= 11 is 1.29. The summed E-state index contributed by atoms with van der Waals surface area (Å²) < 4.78 is 0. The second kappa shape index (κ2) is 8.76. The number of likely N-dealkylation sites (N-methyl/N-ethyl adjacent to an activating group) is 1. The average molecular weight is 404 g/mol. The average Bonchev–Trinajstić information content (AvgIpc) is 3.08. The van der Waals surface area contributed by atoms with Crippen molar-refractivity contribution in [2.75, 3.05) is 25.5 Å². The van der Waals surface area contributed by atoms with Crippen LogP contribution >= 0.6 is 11.3 Å². The van der Waals surface area contributed by atoms with E-state index in [0.29, 0.717) is 5.69 Å². The van der Waals surface area contributed by atoms with Crippen LogP contribution in [0.25, 0.3) is 0 Å². The van der Waals surface area contributed by atoms with Gasteiger partial charge in [0, 0.05) is 30.6 Å². The van der Waals surface area contributed by atoms with Crippen LogP contribution in [0.3, 0.4) is 0 Å². The first kappa shape index (κ1) is 19.7. The van der Waals surface area contributed by atoms with E-state index in [1.807, 2.05) is 7.05 Å². The number of fused-ring (bicyclic) bond motifs is 1. The number of nitrogens with zero attached hydrogens (tertiary/aromatic N) is 3. The molecule has 0 radical (unpaired) electrons. The van der Waals surface area contributed by atoms with Crippen LogP contribution < -0.4 is 16.0 Å². The number of carbonyl (C=O) groups is 3. The van der Waals surface area contributed by atoms with E-state index in [0.717, 1.165) is 30.1 Å². The zero-order valence-electron chi connectivity index (χ0n) is 15.1. The van der Waals surface area contributed by atoms with Gasteiger partial charge in [-0.2, -0.15) is 0 Å². The number of carbonyl (C=O) groups excluding carboxylic acids is 2.